The van der Waals surface area contributed by atoms with Gasteiger partial charge in [0.2, 0.25) is 0 Å². The van der Waals surface area contributed by atoms with Crippen molar-refractivity contribution < 1.29 is 23.4 Å². The van der Waals surface area contributed by atoms with Crippen LogP contribution in [0.25, 0.3) is 0 Å². The summed E-state index contributed by atoms with van der Waals surface area (Å²) in [5.41, 5.74) is 3.12. The van der Waals surface area contributed by atoms with Crippen LogP contribution in [0.4, 0.5) is 0 Å². The third-order valence-corrected chi connectivity index (χ3v) is 16.6. The van der Waals surface area contributed by atoms with Gasteiger partial charge in [-0.2, -0.15) is 0 Å². The number of likely N-dealkylation sites (tertiary alicyclic amines) is 1. The summed E-state index contributed by atoms with van der Waals surface area (Å²) in [6.07, 6.45) is 1.75. The van der Waals surface area contributed by atoms with Gasteiger partial charge in [-0.25, -0.2) is 0 Å². The van der Waals surface area contributed by atoms with Crippen LogP contribution in [0, 0.1) is 0 Å². The first kappa shape index (κ1) is 37.6. The molecule has 8 heteroatoms. The van der Waals surface area contributed by atoms with Crippen LogP contribution >= 0.6 is 18.8 Å². The summed E-state index contributed by atoms with van der Waals surface area (Å²) in [6, 6.07) is 57.2. The van der Waals surface area contributed by atoms with Gasteiger partial charge in [0.25, 0.3) is 0 Å². The van der Waals surface area contributed by atoms with E-state index in [1.807, 2.05) is 146 Å². The Morgan fingerprint density at radius 1 is 0.673 bits per heavy atom. The van der Waals surface area contributed by atoms with E-state index in [0.29, 0.717) is 15.9 Å². The van der Waals surface area contributed by atoms with Gasteiger partial charge in [-0.1, -0.05) is 0 Å². The van der Waals surface area contributed by atoms with Crippen LogP contribution in [0.1, 0.15) is 30.0 Å². The van der Waals surface area contributed by atoms with Crippen molar-refractivity contribution in [2.75, 3.05) is 6.54 Å². The molecule has 0 aromatic heterocycles. The van der Waals surface area contributed by atoms with E-state index in [9.17, 15) is 9.59 Å². The molecule has 7 rings (SSSR count). The zero-order chi connectivity index (χ0) is 38.3. The summed E-state index contributed by atoms with van der Waals surface area (Å²) in [7, 11) is -4.85. The fraction of sp³-hybridized carbons (Fsp3) is 0.128. The van der Waals surface area contributed by atoms with Crippen LogP contribution in [-0.4, -0.2) is 40.6 Å². The first-order valence-electron chi connectivity index (χ1n) is 18.2. The molecule has 1 saturated heterocycles. The van der Waals surface area contributed by atoms with Crippen LogP contribution in [0.5, 0.6) is 0 Å². The quantitative estimate of drug-likeness (QED) is 0.0481. The van der Waals surface area contributed by atoms with Crippen LogP contribution in [0.2, 0.25) is 0 Å². The number of hydrogen-bond acceptors (Lipinski definition) is 6. The minimum atomic E-state index is -4.85. The summed E-state index contributed by atoms with van der Waals surface area (Å²) in [4.78, 5) is 44.6. The zero-order valence-corrected chi connectivity index (χ0v) is 32.2. The van der Waals surface area contributed by atoms with Crippen molar-refractivity contribution in [1.82, 2.24) is 4.90 Å². The van der Waals surface area contributed by atoms with Gasteiger partial charge in [0.15, 0.2) is 0 Å². The standard InChI is InChI=1S/C47H42NO5PS/c1-3-22-43(46(51)53-54(52-36(2)49,40-29-16-7-17-30-40,41-31-18-8-19-32-41)42-33-20-9-21-34-42)48-35-44(45(48)50)55-47(37-23-10-4-11-24-37,38-25-12-5-13-26-38)39-27-14-6-15-28-39/h3-21,23-34,43-44H,1,22,35H2,2H3. The summed E-state index contributed by atoms with van der Waals surface area (Å²) in [5, 5.41) is 1.12. The van der Waals surface area contributed by atoms with E-state index < -0.39 is 35.0 Å². The molecule has 1 amide bonds. The Bertz CT molecular complexity index is 2060. The van der Waals surface area contributed by atoms with Crippen LogP contribution < -0.4 is 15.9 Å². The minimum absolute atomic E-state index is 0.133. The van der Waals surface area contributed by atoms with Gasteiger partial charge in [0.05, 0.1) is 0 Å². The van der Waals surface area contributed by atoms with Gasteiger partial charge in [-0.3, -0.25) is 0 Å². The molecule has 0 N–H and O–H groups in total. The summed E-state index contributed by atoms with van der Waals surface area (Å²) in [5.74, 6) is -1.49. The molecule has 6 aromatic rings. The number of nitrogens with zero attached hydrogens (tertiary/aromatic N) is 1. The van der Waals surface area contributed by atoms with Crippen molar-refractivity contribution >= 4 is 52.6 Å². The Balaban J connectivity index is 1.31. The molecular weight excluding hydrogens is 722 g/mol. The Labute approximate surface area is 326 Å². The molecule has 0 aliphatic carbocycles. The SMILES string of the molecule is C=CCC(C(=O)OP(OC(C)=O)(c1ccccc1)(c1ccccc1)c1ccccc1)N1CC(SC(c2ccccc2)(c2ccccc2)c2ccccc2)C1=O. The fourth-order valence-corrected chi connectivity index (χ4v) is 14.0. The normalized spacial score (nSPS) is 15.4. The van der Waals surface area contributed by atoms with E-state index in [4.69, 9.17) is 9.05 Å². The van der Waals surface area contributed by atoms with E-state index in [1.165, 1.54) is 6.92 Å². The molecule has 0 saturated carbocycles. The predicted octanol–water partition coefficient (Wildman–Crippen LogP) is 8.33. The summed E-state index contributed by atoms with van der Waals surface area (Å²) < 4.78 is 12.8. The number of β-lactam (4-membered cyclic amide) rings is 1. The molecule has 2 atom stereocenters. The molecule has 1 fully saturated rings. The van der Waals surface area contributed by atoms with E-state index in [1.54, 1.807) is 22.7 Å². The van der Waals surface area contributed by atoms with Gasteiger partial charge in [-0.15, -0.1) is 0 Å². The van der Waals surface area contributed by atoms with Gasteiger partial charge >= 0.3 is 328 Å². The van der Waals surface area contributed by atoms with Gasteiger partial charge in [0, 0.05) is 0 Å². The number of benzene rings is 6. The Hall–Kier alpha value is -5.75. The van der Waals surface area contributed by atoms with Crippen LogP contribution in [0.15, 0.2) is 195 Å². The number of thioether (sulfide) groups is 1. The monoisotopic (exact) mass is 763 g/mol. The number of amides is 1. The van der Waals surface area contributed by atoms with Crippen molar-refractivity contribution in [3.8, 4) is 0 Å². The van der Waals surface area contributed by atoms with Crippen LogP contribution in [-0.2, 0) is 28.2 Å². The third-order valence-electron chi connectivity index (χ3n) is 10.1. The van der Waals surface area contributed by atoms with Crippen molar-refractivity contribution in [2.45, 2.75) is 29.4 Å². The molecule has 0 spiro atoms. The maximum absolute atomic E-state index is 15.1. The van der Waals surface area contributed by atoms with Crippen molar-refractivity contribution in [2.24, 2.45) is 0 Å². The number of hydrogen-bond donors (Lipinski definition) is 0. The molecular formula is C47H42NO5PS. The van der Waals surface area contributed by atoms with E-state index in [2.05, 4.69) is 43.0 Å². The topological polar surface area (TPSA) is 72.9 Å². The van der Waals surface area contributed by atoms with Gasteiger partial charge in [-0.05, 0) is 0 Å². The second-order valence-electron chi connectivity index (χ2n) is 13.4. The van der Waals surface area contributed by atoms with Crippen molar-refractivity contribution in [1.29, 1.82) is 0 Å². The Kier molecular flexibility index (Phi) is 10.9. The first-order valence-corrected chi connectivity index (χ1v) is 21.2. The number of carbonyl (C=O) groups is 3. The van der Waals surface area contributed by atoms with Gasteiger partial charge in [0.1, 0.15) is 0 Å². The second-order valence-corrected chi connectivity index (χ2v) is 18.6. The fourth-order valence-electron chi connectivity index (χ4n) is 7.59. The molecule has 276 valence electrons. The van der Waals surface area contributed by atoms with Crippen molar-refractivity contribution in [3.05, 3.63) is 211 Å². The number of rotatable bonds is 14. The molecule has 0 bridgehead atoms. The maximum atomic E-state index is 15.1. The molecule has 6 nitrogen and oxygen atoms in total. The van der Waals surface area contributed by atoms with Crippen molar-refractivity contribution in [3.63, 3.8) is 0 Å². The van der Waals surface area contributed by atoms with E-state index in [-0.39, 0.29) is 18.9 Å². The average molecular weight is 764 g/mol. The first-order chi connectivity index (χ1) is 26.8. The second kappa shape index (κ2) is 15.9. The molecule has 6 aromatic carbocycles. The predicted molar refractivity (Wildman–Crippen MR) is 224 cm³/mol. The molecule has 1 aliphatic heterocycles. The molecule has 1 aliphatic rings. The third kappa shape index (κ3) is 6.69. The number of carbonyl (C=O) groups excluding carboxylic acids is 3. The molecule has 1 heterocycles. The van der Waals surface area contributed by atoms with E-state index in [0.717, 1.165) is 16.7 Å². The zero-order valence-electron chi connectivity index (χ0n) is 30.5. The Morgan fingerprint density at radius 2 is 1.04 bits per heavy atom. The molecule has 2 unspecified atom stereocenters. The summed E-state index contributed by atoms with van der Waals surface area (Å²) >= 11 is 1.58. The molecule has 0 radical (unpaired) electrons. The average Bonchev–Trinajstić information content (AvgIpc) is 3.24. The van der Waals surface area contributed by atoms with E-state index >= 15 is 4.79 Å². The van der Waals surface area contributed by atoms with Gasteiger partial charge < -0.3 is 0 Å². The Morgan fingerprint density at radius 3 is 1.36 bits per heavy atom. The summed E-state index contributed by atoms with van der Waals surface area (Å²) in [6.45, 7) is 5.57. The molecule has 55 heavy (non-hydrogen) atoms. The van der Waals surface area contributed by atoms with Crippen LogP contribution in [0.3, 0.4) is 0 Å².